The lowest BCUT2D eigenvalue weighted by Crippen LogP contribution is -2.42. The van der Waals surface area contributed by atoms with E-state index in [1.807, 2.05) is 30.3 Å². The second-order valence-electron chi connectivity index (χ2n) is 6.88. The van der Waals surface area contributed by atoms with E-state index in [1.54, 1.807) is 29.2 Å². The highest BCUT2D eigenvalue weighted by atomic mass is 16.4. The molecule has 1 saturated heterocycles. The molecule has 0 aliphatic carbocycles. The summed E-state index contributed by atoms with van der Waals surface area (Å²) in [7, 11) is 0. The van der Waals surface area contributed by atoms with Crippen molar-refractivity contribution in [3.8, 4) is 0 Å². The molecular weight excluding hydrogens is 358 g/mol. The smallest absolute Gasteiger partial charge is 0.321 e. The number of amides is 3. The number of nitrogens with zero attached hydrogens (tertiary/aromatic N) is 1. The van der Waals surface area contributed by atoms with Crippen molar-refractivity contribution in [1.29, 1.82) is 0 Å². The maximum absolute atomic E-state index is 12.4. The number of rotatable bonds is 5. The number of piperidine rings is 1. The number of hydrogen-bond acceptors (Lipinski definition) is 3. The number of anilines is 2. The van der Waals surface area contributed by atoms with Crippen molar-refractivity contribution in [3.05, 3.63) is 60.2 Å². The van der Waals surface area contributed by atoms with Crippen LogP contribution in [0.1, 0.15) is 29.6 Å². The summed E-state index contributed by atoms with van der Waals surface area (Å²) >= 11 is 0. The molecule has 1 unspecified atom stereocenters. The van der Waals surface area contributed by atoms with Gasteiger partial charge in [0.2, 0.25) is 0 Å². The minimum atomic E-state index is -0.836. The van der Waals surface area contributed by atoms with Gasteiger partial charge in [0.25, 0.3) is 5.91 Å². The Bertz CT molecular complexity index is 836. The fourth-order valence-electron chi connectivity index (χ4n) is 3.30. The standard InChI is InChI=1S/C21H23N3O4/c25-19(26)13-15-5-4-12-24(14-15)21(28)23-18-10-8-16(9-11-18)20(27)22-17-6-2-1-3-7-17/h1-3,6-11,15H,4-5,12-14H2,(H,22,27)(H,23,28)(H,25,26). The molecule has 1 fully saturated rings. The number of urea groups is 1. The van der Waals surface area contributed by atoms with E-state index in [0.29, 0.717) is 30.0 Å². The molecule has 0 bridgehead atoms. The Labute approximate surface area is 163 Å². The van der Waals surface area contributed by atoms with Gasteiger partial charge in [-0.15, -0.1) is 0 Å². The Morgan fingerprint density at radius 3 is 2.32 bits per heavy atom. The molecule has 3 amide bonds. The molecule has 2 aromatic rings. The third-order valence-electron chi connectivity index (χ3n) is 4.70. The molecule has 0 aromatic heterocycles. The average Bonchev–Trinajstić information content (AvgIpc) is 2.69. The molecule has 3 rings (SSSR count). The molecule has 7 nitrogen and oxygen atoms in total. The number of para-hydroxylation sites is 1. The van der Waals surface area contributed by atoms with Crippen LogP contribution >= 0.6 is 0 Å². The molecule has 3 N–H and O–H groups in total. The van der Waals surface area contributed by atoms with Gasteiger partial charge in [-0.25, -0.2) is 4.79 Å². The minimum Gasteiger partial charge on any atom is -0.481 e. The number of aliphatic carboxylic acids is 1. The van der Waals surface area contributed by atoms with E-state index in [0.717, 1.165) is 12.8 Å². The zero-order valence-electron chi connectivity index (χ0n) is 15.4. The topological polar surface area (TPSA) is 98.7 Å². The van der Waals surface area contributed by atoms with Gasteiger partial charge in [0.15, 0.2) is 0 Å². The van der Waals surface area contributed by atoms with Crippen LogP contribution in [0.2, 0.25) is 0 Å². The molecule has 7 heteroatoms. The van der Waals surface area contributed by atoms with Crippen LogP contribution < -0.4 is 10.6 Å². The van der Waals surface area contributed by atoms with Crippen molar-refractivity contribution in [3.63, 3.8) is 0 Å². The van der Waals surface area contributed by atoms with Crippen LogP contribution in [-0.4, -0.2) is 41.0 Å². The molecule has 1 heterocycles. The Morgan fingerprint density at radius 1 is 0.964 bits per heavy atom. The predicted octanol–water partition coefficient (Wildman–Crippen LogP) is 3.66. The van der Waals surface area contributed by atoms with E-state index in [-0.39, 0.29) is 24.3 Å². The van der Waals surface area contributed by atoms with Crippen LogP contribution in [0, 0.1) is 5.92 Å². The quantitative estimate of drug-likeness (QED) is 0.736. The largest absolute Gasteiger partial charge is 0.481 e. The first-order chi connectivity index (χ1) is 13.5. The Balaban J connectivity index is 1.55. The zero-order valence-corrected chi connectivity index (χ0v) is 15.4. The number of carboxylic acid groups (broad SMARTS) is 1. The highest BCUT2D eigenvalue weighted by Crippen LogP contribution is 2.21. The molecule has 28 heavy (non-hydrogen) atoms. The molecule has 1 atom stereocenters. The van der Waals surface area contributed by atoms with Crippen molar-refractivity contribution >= 4 is 29.3 Å². The van der Waals surface area contributed by atoms with E-state index in [2.05, 4.69) is 10.6 Å². The summed E-state index contributed by atoms with van der Waals surface area (Å²) in [6.07, 6.45) is 1.69. The molecule has 1 aliphatic heterocycles. The average molecular weight is 381 g/mol. The van der Waals surface area contributed by atoms with E-state index in [9.17, 15) is 14.4 Å². The number of carbonyl (C=O) groups excluding carboxylic acids is 2. The van der Waals surface area contributed by atoms with E-state index in [1.165, 1.54) is 0 Å². The van der Waals surface area contributed by atoms with Gasteiger partial charge >= 0.3 is 12.0 Å². The Morgan fingerprint density at radius 2 is 1.64 bits per heavy atom. The van der Waals surface area contributed by atoms with Crippen molar-refractivity contribution in [2.45, 2.75) is 19.3 Å². The molecule has 1 aliphatic rings. The monoisotopic (exact) mass is 381 g/mol. The van der Waals surface area contributed by atoms with Gasteiger partial charge in [-0.3, -0.25) is 9.59 Å². The molecule has 2 aromatic carbocycles. The third-order valence-corrected chi connectivity index (χ3v) is 4.70. The van der Waals surface area contributed by atoms with Crippen LogP contribution in [0.4, 0.5) is 16.2 Å². The summed E-state index contributed by atoms with van der Waals surface area (Å²) < 4.78 is 0. The van der Waals surface area contributed by atoms with E-state index >= 15 is 0 Å². The molecule has 0 spiro atoms. The fourth-order valence-corrected chi connectivity index (χ4v) is 3.30. The fraction of sp³-hybridized carbons (Fsp3) is 0.286. The van der Waals surface area contributed by atoms with Crippen LogP contribution in [0.3, 0.4) is 0 Å². The Kier molecular flexibility index (Phi) is 6.26. The molecular formula is C21H23N3O4. The second-order valence-corrected chi connectivity index (χ2v) is 6.88. The first-order valence-corrected chi connectivity index (χ1v) is 9.25. The summed E-state index contributed by atoms with van der Waals surface area (Å²) in [6.45, 7) is 1.05. The highest BCUT2D eigenvalue weighted by molar-refractivity contribution is 6.04. The summed E-state index contributed by atoms with van der Waals surface area (Å²) in [5, 5.41) is 14.6. The van der Waals surface area contributed by atoms with Crippen LogP contribution in [0.15, 0.2) is 54.6 Å². The van der Waals surface area contributed by atoms with Gasteiger partial charge in [0.05, 0.1) is 0 Å². The number of likely N-dealkylation sites (tertiary alicyclic amines) is 1. The molecule has 146 valence electrons. The maximum atomic E-state index is 12.4. The highest BCUT2D eigenvalue weighted by Gasteiger charge is 2.25. The lowest BCUT2D eigenvalue weighted by molar-refractivity contribution is -0.138. The molecule has 0 radical (unpaired) electrons. The van der Waals surface area contributed by atoms with E-state index < -0.39 is 5.97 Å². The van der Waals surface area contributed by atoms with Crippen molar-refractivity contribution < 1.29 is 19.5 Å². The van der Waals surface area contributed by atoms with Gasteiger partial charge in [0, 0.05) is 36.4 Å². The summed E-state index contributed by atoms with van der Waals surface area (Å²) in [4.78, 5) is 37.2. The maximum Gasteiger partial charge on any atom is 0.321 e. The minimum absolute atomic E-state index is 0.0129. The van der Waals surface area contributed by atoms with E-state index in [4.69, 9.17) is 5.11 Å². The summed E-state index contributed by atoms with van der Waals surface area (Å²) in [5.41, 5.74) is 1.79. The first kappa shape index (κ1) is 19.4. The zero-order chi connectivity index (χ0) is 19.9. The number of carboxylic acids is 1. The number of benzene rings is 2. The SMILES string of the molecule is O=C(O)CC1CCCN(C(=O)Nc2ccc(C(=O)Nc3ccccc3)cc2)C1. The predicted molar refractivity (Wildman–Crippen MR) is 106 cm³/mol. The number of carbonyl (C=O) groups is 3. The number of hydrogen-bond donors (Lipinski definition) is 3. The van der Waals surface area contributed by atoms with Gasteiger partial charge in [-0.05, 0) is 55.2 Å². The first-order valence-electron chi connectivity index (χ1n) is 9.25. The van der Waals surface area contributed by atoms with Gasteiger partial charge in [-0.2, -0.15) is 0 Å². The van der Waals surface area contributed by atoms with Crippen molar-refractivity contribution in [2.75, 3.05) is 23.7 Å². The van der Waals surface area contributed by atoms with Crippen LogP contribution in [-0.2, 0) is 4.79 Å². The Hall–Kier alpha value is -3.35. The van der Waals surface area contributed by atoms with Gasteiger partial charge in [-0.1, -0.05) is 18.2 Å². The van der Waals surface area contributed by atoms with Crippen LogP contribution in [0.5, 0.6) is 0 Å². The summed E-state index contributed by atoms with van der Waals surface area (Å²) in [5.74, 6) is -1.07. The van der Waals surface area contributed by atoms with Gasteiger partial charge in [0.1, 0.15) is 0 Å². The lowest BCUT2D eigenvalue weighted by Gasteiger charge is -2.32. The van der Waals surface area contributed by atoms with Gasteiger partial charge < -0.3 is 20.6 Å². The van der Waals surface area contributed by atoms with Crippen LogP contribution in [0.25, 0.3) is 0 Å². The molecule has 0 saturated carbocycles. The normalized spacial score (nSPS) is 16.3. The number of nitrogens with one attached hydrogen (secondary N) is 2. The second kappa shape index (κ2) is 9.03. The third kappa shape index (κ3) is 5.33. The summed E-state index contributed by atoms with van der Waals surface area (Å²) in [6, 6.07) is 15.6. The van der Waals surface area contributed by atoms with Crippen molar-refractivity contribution in [2.24, 2.45) is 5.92 Å². The van der Waals surface area contributed by atoms with Crippen molar-refractivity contribution in [1.82, 2.24) is 4.90 Å². The lowest BCUT2D eigenvalue weighted by atomic mass is 9.95.